The van der Waals surface area contributed by atoms with E-state index < -0.39 is 23.7 Å². The molecule has 1 rings (SSSR count). The van der Waals surface area contributed by atoms with Gasteiger partial charge in [-0.1, -0.05) is 0 Å². The number of hydrogen-bond donors (Lipinski definition) is 1. The van der Waals surface area contributed by atoms with Crippen molar-refractivity contribution >= 4 is 23.8 Å². The molecular weight excluding hydrogens is 242 g/mol. The number of thioether (sulfide) groups is 1. The van der Waals surface area contributed by atoms with Gasteiger partial charge in [-0.05, 0) is 33.4 Å². The molecule has 1 aliphatic rings. The van der Waals surface area contributed by atoms with Crippen LogP contribution in [-0.4, -0.2) is 51.8 Å². The van der Waals surface area contributed by atoms with Gasteiger partial charge in [0.05, 0.1) is 0 Å². The Balaban J connectivity index is 2.73. The zero-order valence-corrected chi connectivity index (χ0v) is 11.4. The van der Waals surface area contributed by atoms with Crippen LogP contribution in [0.15, 0.2) is 0 Å². The van der Waals surface area contributed by atoms with Crippen LogP contribution in [0.2, 0.25) is 0 Å². The third kappa shape index (κ3) is 3.80. The van der Waals surface area contributed by atoms with Crippen LogP contribution in [0.4, 0.5) is 4.79 Å². The van der Waals surface area contributed by atoms with Gasteiger partial charge in [0.15, 0.2) is 0 Å². The first kappa shape index (κ1) is 14.2. The summed E-state index contributed by atoms with van der Waals surface area (Å²) in [5, 5.41) is 9.26. The van der Waals surface area contributed by atoms with E-state index in [1.54, 1.807) is 32.5 Å². The number of nitrogens with zero attached hydrogens (tertiary/aromatic N) is 1. The molecule has 17 heavy (non-hydrogen) atoms. The third-order valence-corrected chi connectivity index (χ3v) is 3.52. The number of carbonyl (C=O) groups is 2. The molecule has 0 spiro atoms. The molecule has 5 nitrogen and oxygen atoms in total. The van der Waals surface area contributed by atoms with Gasteiger partial charge in [-0.15, -0.1) is 0 Å². The quantitative estimate of drug-likeness (QED) is 0.821. The highest BCUT2D eigenvalue weighted by Crippen LogP contribution is 2.27. The molecule has 0 bridgehead atoms. The van der Waals surface area contributed by atoms with Crippen LogP contribution in [0, 0.1) is 0 Å². The van der Waals surface area contributed by atoms with Crippen molar-refractivity contribution < 1.29 is 19.4 Å². The van der Waals surface area contributed by atoms with E-state index in [1.165, 1.54) is 4.90 Å². The topological polar surface area (TPSA) is 66.8 Å². The fourth-order valence-electron chi connectivity index (χ4n) is 1.72. The molecule has 0 radical (unpaired) electrons. The van der Waals surface area contributed by atoms with Crippen LogP contribution in [0.1, 0.15) is 27.2 Å². The van der Waals surface area contributed by atoms with Crippen molar-refractivity contribution in [3.05, 3.63) is 0 Å². The SMILES string of the molecule is CSC1CC(C(=O)O)N(C(=O)OC(C)(C)C)C1. The molecule has 2 atom stereocenters. The van der Waals surface area contributed by atoms with E-state index >= 15 is 0 Å². The molecule has 0 aromatic heterocycles. The van der Waals surface area contributed by atoms with Crippen LogP contribution < -0.4 is 0 Å². The number of likely N-dealkylation sites (tertiary alicyclic amines) is 1. The van der Waals surface area contributed by atoms with Gasteiger partial charge in [-0.3, -0.25) is 4.90 Å². The summed E-state index contributed by atoms with van der Waals surface area (Å²) in [6.07, 6.45) is 1.86. The first-order valence-corrected chi connectivity index (χ1v) is 6.78. The number of carboxylic acids is 1. The van der Waals surface area contributed by atoms with E-state index in [2.05, 4.69) is 0 Å². The molecule has 0 aromatic rings. The van der Waals surface area contributed by atoms with Crippen molar-refractivity contribution in [2.45, 2.75) is 44.1 Å². The zero-order chi connectivity index (χ0) is 13.2. The summed E-state index contributed by atoms with van der Waals surface area (Å²) in [6.45, 7) is 5.74. The first-order chi connectivity index (χ1) is 7.74. The zero-order valence-electron chi connectivity index (χ0n) is 10.6. The van der Waals surface area contributed by atoms with Gasteiger partial charge >= 0.3 is 12.1 Å². The van der Waals surface area contributed by atoms with E-state index in [-0.39, 0.29) is 5.25 Å². The van der Waals surface area contributed by atoms with Crippen molar-refractivity contribution in [3.8, 4) is 0 Å². The van der Waals surface area contributed by atoms with Gasteiger partial charge in [0.1, 0.15) is 11.6 Å². The minimum Gasteiger partial charge on any atom is -0.480 e. The van der Waals surface area contributed by atoms with Gasteiger partial charge in [0, 0.05) is 11.8 Å². The molecule has 1 aliphatic heterocycles. The lowest BCUT2D eigenvalue weighted by atomic mass is 10.2. The molecule has 2 unspecified atom stereocenters. The first-order valence-electron chi connectivity index (χ1n) is 5.50. The van der Waals surface area contributed by atoms with Crippen LogP contribution in [-0.2, 0) is 9.53 Å². The second-order valence-corrected chi connectivity index (χ2v) is 6.22. The monoisotopic (exact) mass is 261 g/mol. The summed E-state index contributed by atoms with van der Waals surface area (Å²) in [6, 6.07) is -0.762. The standard InChI is InChI=1S/C11H19NO4S/c1-11(2,3)16-10(15)12-6-7(17-4)5-8(12)9(13)14/h7-8H,5-6H2,1-4H3,(H,13,14). The Bertz CT molecular complexity index is 313. The van der Waals surface area contributed by atoms with Crippen LogP contribution in [0.25, 0.3) is 0 Å². The predicted octanol–water partition coefficient (Wildman–Crippen LogP) is 1.81. The Labute approximate surface area is 105 Å². The van der Waals surface area contributed by atoms with Crippen LogP contribution in [0.3, 0.4) is 0 Å². The van der Waals surface area contributed by atoms with Crippen molar-refractivity contribution in [1.29, 1.82) is 0 Å². The lowest BCUT2D eigenvalue weighted by molar-refractivity contribution is -0.142. The second kappa shape index (κ2) is 5.16. The Morgan fingerprint density at radius 3 is 2.41 bits per heavy atom. The van der Waals surface area contributed by atoms with E-state index in [9.17, 15) is 9.59 Å². The fraction of sp³-hybridized carbons (Fsp3) is 0.818. The Kier molecular flexibility index (Phi) is 4.30. The third-order valence-electron chi connectivity index (χ3n) is 2.51. The summed E-state index contributed by atoms with van der Waals surface area (Å²) in [5.74, 6) is -0.965. The minimum atomic E-state index is -0.965. The summed E-state index contributed by atoms with van der Waals surface area (Å²) >= 11 is 1.58. The molecule has 0 aromatic carbocycles. The lowest BCUT2D eigenvalue weighted by Crippen LogP contribution is -2.43. The molecular formula is C11H19NO4S. The van der Waals surface area contributed by atoms with Crippen LogP contribution >= 0.6 is 11.8 Å². The van der Waals surface area contributed by atoms with E-state index in [0.717, 1.165) is 0 Å². The minimum absolute atomic E-state index is 0.170. The fourth-order valence-corrected chi connectivity index (χ4v) is 2.41. The van der Waals surface area contributed by atoms with E-state index in [4.69, 9.17) is 9.84 Å². The maximum absolute atomic E-state index is 11.9. The molecule has 98 valence electrons. The number of carbonyl (C=O) groups excluding carboxylic acids is 1. The van der Waals surface area contributed by atoms with Crippen molar-refractivity contribution in [3.63, 3.8) is 0 Å². The number of rotatable bonds is 2. The molecule has 1 fully saturated rings. The average molecular weight is 261 g/mol. The maximum Gasteiger partial charge on any atom is 0.411 e. The number of aliphatic carboxylic acids is 1. The molecule has 6 heteroatoms. The Hall–Kier alpha value is -0.910. The highest BCUT2D eigenvalue weighted by molar-refractivity contribution is 7.99. The highest BCUT2D eigenvalue weighted by Gasteiger charge is 2.41. The lowest BCUT2D eigenvalue weighted by Gasteiger charge is -2.26. The van der Waals surface area contributed by atoms with Gasteiger partial charge in [-0.2, -0.15) is 11.8 Å². The van der Waals surface area contributed by atoms with Crippen molar-refractivity contribution in [2.24, 2.45) is 0 Å². The largest absolute Gasteiger partial charge is 0.480 e. The van der Waals surface area contributed by atoms with Gasteiger partial charge in [0.25, 0.3) is 0 Å². The Morgan fingerprint density at radius 1 is 1.41 bits per heavy atom. The number of hydrogen-bond acceptors (Lipinski definition) is 4. The highest BCUT2D eigenvalue weighted by atomic mass is 32.2. The number of carboxylic acid groups (broad SMARTS) is 1. The summed E-state index contributed by atoms with van der Waals surface area (Å²) < 4.78 is 5.21. The summed E-state index contributed by atoms with van der Waals surface area (Å²) in [7, 11) is 0. The maximum atomic E-state index is 11.9. The molecule has 1 heterocycles. The summed E-state index contributed by atoms with van der Waals surface area (Å²) in [4.78, 5) is 24.3. The van der Waals surface area contributed by atoms with Gasteiger partial charge in [0.2, 0.25) is 0 Å². The second-order valence-electron chi connectivity index (χ2n) is 5.08. The van der Waals surface area contributed by atoms with Gasteiger partial charge < -0.3 is 9.84 Å². The van der Waals surface area contributed by atoms with E-state index in [1.807, 2.05) is 6.26 Å². The summed E-state index contributed by atoms with van der Waals surface area (Å²) in [5.41, 5.74) is -0.600. The molecule has 1 saturated heterocycles. The normalized spacial score (nSPS) is 24.8. The van der Waals surface area contributed by atoms with Crippen molar-refractivity contribution in [1.82, 2.24) is 4.90 Å². The molecule has 0 saturated carbocycles. The molecule has 1 N–H and O–H groups in total. The average Bonchev–Trinajstić information content (AvgIpc) is 2.58. The molecule has 0 aliphatic carbocycles. The van der Waals surface area contributed by atoms with Crippen molar-refractivity contribution in [2.75, 3.05) is 12.8 Å². The van der Waals surface area contributed by atoms with Gasteiger partial charge in [-0.25, -0.2) is 9.59 Å². The molecule has 1 amide bonds. The number of ether oxygens (including phenoxy) is 1. The Morgan fingerprint density at radius 2 is 2.00 bits per heavy atom. The van der Waals surface area contributed by atoms with Crippen LogP contribution in [0.5, 0.6) is 0 Å². The number of amides is 1. The smallest absolute Gasteiger partial charge is 0.411 e. The van der Waals surface area contributed by atoms with E-state index in [0.29, 0.717) is 13.0 Å². The predicted molar refractivity (Wildman–Crippen MR) is 66.3 cm³/mol.